The molecule has 1 aromatic heterocycles. The zero-order chi connectivity index (χ0) is 13.1. The quantitative estimate of drug-likeness (QED) is 0.937. The molecule has 0 saturated carbocycles. The van der Waals surface area contributed by atoms with Gasteiger partial charge in [-0.15, -0.1) is 0 Å². The molecule has 0 aliphatic rings. The van der Waals surface area contributed by atoms with E-state index in [0.29, 0.717) is 6.42 Å². The number of pyridine rings is 1. The zero-order valence-corrected chi connectivity index (χ0v) is 12.1. The van der Waals surface area contributed by atoms with Gasteiger partial charge in [-0.25, -0.2) is 0 Å². The third-order valence-electron chi connectivity index (χ3n) is 3.00. The number of hydrogen-bond donors (Lipinski definition) is 1. The van der Waals surface area contributed by atoms with E-state index in [1.165, 1.54) is 0 Å². The lowest BCUT2D eigenvalue weighted by Gasteiger charge is -2.14. The Morgan fingerprint density at radius 2 is 1.94 bits per heavy atom. The predicted molar refractivity (Wildman–Crippen MR) is 76.5 cm³/mol. The summed E-state index contributed by atoms with van der Waals surface area (Å²) in [6.45, 7) is 4.08. The maximum atomic E-state index is 10.3. The minimum Gasteiger partial charge on any atom is -0.388 e. The number of benzene rings is 1. The molecule has 0 radical (unpaired) electrons. The Morgan fingerprint density at radius 1 is 1.28 bits per heavy atom. The van der Waals surface area contributed by atoms with Crippen LogP contribution in [0.5, 0.6) is 0 Å². The fourth-order valence-electron chi connectivity index (χ4n) is 2.03. The van der Waals surface area contributed by atoms with Crippen molar-refractivity contribution in [1.29, 1.82) is 0 Å². The van der Waals surface area contributed by atoms with Gasteiger partial charge in [0.05, 0.1) is 6.10 Å². The van der Waals surface area contributed by atoms with Crippen LogP contribution in [0.1, 0.15) is 28.4 Å². The van der Waals surface area contributed by atoms with Gasteiger partial charge in [0, 0.05) is 23.3 Å². The van der Waals surface area contributed by atoms with Crippen molar-refractivity contribution in [1.82, 2.24) is 4.98 Å². The Kier molecular flexibility index (Phi) is 4.15. The molecular weight excluding hydrogens is 290 g/mol. The van der Waals surface area contributed by atoms with Gasteiger partial charge in [-0.05, 0) is 42.2 Å². The SMILES string of the molecule is Cc1cc(C(O)Cc2cccnc2)cc(C)c1Br. The normalized spacial score (nSPS) is 12.4. The van der Waals surface area contributed by atoms with E-state index in [2.05, 4.69) is 20.9 Å². The summed E-state index contributed by atoms with van der Waals surface area (Å²) in [5.74, 6) is 0. The molecule has 1 unspecified atom stereocenters. The van der Waals surface area contributed by atoms with E-state index in [9.17, 15) is 5.11 Å². The molecule has 0 aliphatic heterocycles. The molecule has 0 saturated heterocycles. The first-order valence-electron chi connectivity index (χ1n) is 5.91. The van der Waals surface area contributed by atoms with E-state index in [1.807, 2.05) is 38.1 Å². The highest BCUT2D eigenvalue weighted by Gasteiger charge is 2.11. The minimum absolute atomic E-state index is 0.486. The average molecular weight is 306 g/mol. The van der Waals surface area contributed by atoms with Crippen molar-refractivity contribution < 1.29 is 5.11 Å². The summed E-state index contributed by atoms with van der Waals surface area (Å²) < 4.78 is 1.11. The van der Waals surface area contributed by atoms with Crippen LogP contribution in [-0.4, -0.2) is 10.1 Å². The van der Waals surface area contributed by atoms with Crippen LogP contribution in [0.4, 0.5) is 0 Å². The van der Waals surface area contributed by atoms with Crippen LogP contribution >= 0.6 is 15.9 Å². The van der Waals surface area contributed by atoms with Gasteiger partial charge in [0.15, 0.2) is 0 Å². The van der Waals surface area contributed by atoms with Crippen LogP contribution in [0.15, 0.2) is 41.1 Å². The highest BCUT2D eigenvalue weighted by atomic mass is 79.9. The van der Waals surface area contributed by atoms with Crippen molar-refractivity contribution in [2.45, 2.75) is 26.4 Å². The summed E-state index contributed by atoms with van der Waals surface area (Å²) in [7, 11) is 0. The molecule has 2 nitrogen and oxygen atoms in total. The summed E-state index contributed by atoms with van der Waals surface area (Å²) in [5, 5.41) is 10.3. The number of hydrogen-bond acceptors (Lipinski definition) is 2. The fourth-order valence-corrected chi connectivity index (χ4v) is 2.26. The highest BCUT2D eigenvalue weighted by Crippen LogP contribution is 2.27. The number of aliphatic hydroxyl groups is 1. The molecule has 1 aromatic carbocycles. The predicted octanol–water partition coefficient (Wildman–Crippen LogP) is 3.74. The van der Waals surface area contributed by atoms with Crippen LogP contribution in [-0.2, 0) is 6.42 Å². The lowest BCUT2D eigenvalue weighted by molar-refractivity contribution is 0.178. The second-order valence-corrected chi connectivity index (χ2v) is 5.34. The molecule has 0 fully saturated rings. The summed E-state index contributed by atoms with van der Waals surface area (Å²) in [6, 6.07) is 7.92. The van der Waals surface area contributed by atoms with Gasteiger partial charge < -0.3 is 5.11 Å². The summed E-state index contributed by atoms with van der Waals surface area (Å²) >= 11 is 3.54. The van der Waals surface area contributed by atoms with Crippen molar-refractivity contribution in [3.8, 4) is 0 Å². The average Bonchev–Trinajstić information content (AvgIpc) is 2.36. The molecule has 1 heterocycles. The number of aromatic nitrogens is 1. The van der Waals surface area contributed by atoms with Crippen molar-refractivity contribution in [2.24, 2.45) is 0 Å². The monoisotopic (exact) mass is 305 g/mol. The van der Waals surface area contributed by atoms with E-state index in [1.54, 1.807) is 12.4 Å². The van der Waals surface area contributed by atoms with Crippen molar-refractivity contribution in [2.75, 3.05) is 0 Å². The second kappa shape index (κ2) is 5.63. The van der Waals surface area contributed by atoms with Gasteiger partial charge in [-0.3, -0.25) is 4.98 Å². The second-order valence-electron chi connectivity index (χ2n) is 4.55. The standard InChI is InChI=1S/C15H16BrNO/c1-10-6-13(7-11(2)15(10)16)14(18)8-12-4-3-5-17-9-12/h3-7,9,14,18H,8H2,1-2H3. The third-order valence-corrected chi connectivity index (χ3v) is 4.25. The van der Waals surface area contributed by atoms with Crippen molar-refractivity contribution >= 4 is 15.9 Å². The van der Waals surface area contributed by atoms with E-state index >= 15 is 0 Å². The van der Waals surface area contributed by atoms with Crippen molar-refractivity contribution in [3.05, 3.63) is 63.4 Å². The van der Waals surface area contributed by atoms with Gasteiger partial charge in [-0.1, -0.05) is 34.1 Å². The van der Waals surface area contributed by atoms with Gasteiger partial charge in [-0.2, -0.15) is 0 Å². The van der Waals surface area contributed by atoms with Gasteiger partial charge >= 0.3 is 0 Å². The molecule has 18 heavy (non-hydrogen) atoms. The number of halogens is 1. The van der Waals surface area contributed by atoms with Crippen molar-refractivity contribution in [3.63, 3.8) is 0 Å². The molecule has 0 spiro atoms. The van der Waals surface area contributed by atoms with Crippen LogP contribution in [0.25, 0.3) is 0 Å². The molecule has 2 rings (SSSR count). The van der Waals surface area contributed by atoms with E-state index in [4.69, 9.17) is 0 Å². The molecule has 0 amide bonds. The number of aryl methyl sites for hydroxylation is 2. The molecule has 3 heteroatoms. The zero-order valence-electron chi connectivity index (χ0n) is 10.5. The third kappa shape index (κ3) is 2.98. The molecular formula is C15H16BrNO. The van der Waals surface area contributed by atoms with Gasteiger partial charge in [0.2, 0.25) is 0 Å². The van der Waals surface area contributed by atoms with Gasteiger partial charge in [0.1, 0.15) is 0 Å². The molecule has 1 atom stereocenters. The maximum Gasteiger partial charge on any atom is 0.0831 e. The number of rotatable bonds is 3. The molecule has 94 valence electrons. The first-order chi connectivity index (χ1) is 8.58. The first-order valence-corrected chi connectivity index (χ1v) is 6.71. The topological polar surface area (TPSA) is 33.1 Å². The number of aliphatic hydroxyl groups excluding tert-OH is 1. The first kappa shape index (κ1) is 13.2. The fraction of sp³-hybridized carbons (Fsp3) is 0.267. The Balaban J connectivity index is 2.22. The molecule has 0 aliphatic carbocycles. The van der Waals surface area contributed by atoms with Crippen LogP contribution < -0.4 is 0 Å². The molecule has 0 bridgehead atoms. The Labute approximate surface area is 116 Å². The summed E-state index contributed by atoms with van der Waals surface area (Å²) in [5.41, 5.74) is 4.30. The Hall–Kier alpha value is -1.19. The van der Waals surface area contributed by atoms with E-state index in [0.717, 1.165) is 26.7 Å². The van der Waals surface area contributed by atoms with Crippen LogP contribution in [0.3, 0.4) is 0 Å². The summed E-state index contributed by atoms with van der Waals surface area (Å²) in [6.07, 6.45) is 3.64. The van der Waals surface area contributed by atoms with Crippen LogP contribution in [0, 0.1) is 13.8 Å². The Morgan fingerprint density at radius 3 is 2.50 bits per heavy atom. The van der Waals surface area contributed by atoms with Gasteiger partial charge in [0.25, 0.3) is 0 Å². The minimum atomic E-state index is -0.486. The van der Waals surface area contributed by atoms with E-state index < -0.39 is 6.10 Å². The lowest BCUT2D eigenvalue weighted by Crippen LogP contribution is -2.03. The Bertz CT molecular complexity index is 516. The smallest absolute Gasteiger partial charge is 0.0831 e. The van der Waals surface area contributed by atoms with Crippen LogP contribution in [0.2, 0.25) is 0 Å². The largest absolute Gasteiger partial charge is 0.388 e. The lowest BCUT2D eigenvalue weighted by atomic mass is 9.99. The highest BCUT2D eigenvalue weighted by molar-refractivity contribution is 9.10. The summed E-state index contributed by atoms with van der Waals surface area (Å²) in [4.78, 5) is 4.06. The van der Waals surface area contributed by atoms with E-state index in [-0.39, 0.29) is 0 Å². The maximum absolute atomic E-state index is 10.3. The molecule has 2 aromatic rings. The number of nitrogens with zero attached hydrogens (tertiary/aromatic N) is 1. The molecule has 1 N–H and O–H groups in total.